The molecule has 33 heavy (non-hydrogen) atoms. The fourth-order valence-corrected chi connectivity index (χ4v) is 5.93. The molecule has 1 aliphatic carbocycles. The molecule has 0 spiro atoms. The van der Waals surface area contributed by atoms with Crippen molar-refractivity contribution in [2.75, 3.05) is 32.7 Å². The summed E-state index contributed by atoms with van der Waals surface area (Å²) in [5.41, 5.74) is 8.50. The zero-order chi connectivity index (χ0) is 22.6. The minimum absolute atomic E-state index is 0.244. The summed E-state index contributed by atoms with van der Waals surface area (Å²) in [5.74, 6) is 0.935. The van der Waals surface area contributed by atoms with Gasteiger partial charge in [-0.05, 0) is 78.8 Å². The van der Waals surface area contributed by atoms with E-state index < -0.39 is 0 Å². The maximum Gasteiger partial charge on any atom is 0.219 e. The minimum Gasteiger partial charge on any atom is -0.343 e. The van der Waals surface area contributed by atoms with E-state index in [2.05, 4.69) is 65.6 Å². The Labute approximate surface area is 198 Å². The Hall–Kier alpha value is -2.65. The highest BCUT2D eigenvalue weighted by Gasteiger charge is 2.24. The number of nitrogens with zero attached hydrogens (tertiary/aromatic N) is 2. The molecule has 3 nitrogen and oxygen atoms in total. The van der Waals surface area contributed by atoms with Crippen molar-refractivity contribution in [3.05, 3.63) is 76.4 Å². The predicted octanol–water partition coefficient (Wildman–Crippen LogP) is 6.11. The van der Waals surface area contributed by atoms with Crippen LogP contribution in [0.25, 0.3) is 17.7 Å². The number of hydrogen-bond donors (Lipinski definition) is 0. The van der Waals surface area contributed by atoms with Crippen molar-refractivity contribution in [2.45, 2.75) is 45.4 Å². The van der Waals surface area contributed by atoms with Crippen molar-refractivity contribution >= 4 is 23.6 Å². The Balaban J connectivity index is 1.24. The van der Waals surface area contributed by atoms with E-state index in [1.54, 1.807) is 12.5 Å². The zero-order valence-electron chi connectivity index (χ0n) is 19.9. The fourth-order valence-electron chi connectivity index (χ4n) is 5.93. The quantitative estimate of drug-likeness (QED) is 0.489. The molecule has 0 radical (unpaired) electrons. The number of likely N-dealkylation sites (tertiary alicyclic amines) is 2. The van der Waals surface area contributed by atoms with Gasteiger partial charge in [-0.3, -0.25) is 4.79 Å². The van der Waals surface area contributed by atoms with Gasteiger partial charge in [-0.25, -0.2) is 0 Å². The van der Waals surface area contributed by atoms with E-state index in [9.17, 15) is 4.79 Å². The van der Waals surface area contributed by atoms with E-state index in [1.807, 2.05) is 4.90 Å². The Kier molecular flexibility index (Phi) is 6.78. The van der Waals surface area contributed by atoms with Crippen LogP contribution in [0.1, 0.15) is 67.7 Å². The van der Waals surface area contributed by atoms with E-state index in [4.69, 9.17) is 0 Å². The molecule has 3 aliphatic rings. The molecule has 0 N–H and O–H groups in total. The number of carbonyl (C=O) groups is 1. The Morgan fingerprint density at radius 3 is 2.18 bits per heavy atom. The monoisotopic (exact) mass is 440 g/mol. The van der Waals surface area contributed by atoms with Gasteiger partial charge in [-0.15, -0.1) is 0 Å². The summed E-state index contributed by atoms with van der Waals surface area (Å²) in [4.78, 5) is 16.4. The predicted molar refractivity (Wildman–Crippen MR) is 138 cm³/mol. The molecule has 5 rings (SSSR count). The van der Waals surface area contributed by atoms with Crippen LogP contribution < -0.4 is 0 Å². The van der Waals surface area contributed by atoms with Crippen LogP contribution in [0, 0.1) is 5.92 Å². The number of fused-ring (bicyclic) bond motifs is 2. The first-order chi connectivity index (χ1) is 16.2. The lowest BCUT2D eigenvalue weighted by Gasteiger charge is -2.33. The van der Waals surface area contributed by atoms with E-state index in [1.165, 1.54) is 60.1 Å². The molecule has 2 fully saturated rings. The highest BCUT2D eigenvalue weighted by atomic mass is 16.2. The van der Waals surface area contributed by atoms with Gasteiger partial charge in [0.25, 0.3) is 0 Å². The first-order valence-corrected chi connectivity index (χ1v) is 12.8. The molecule has 1 amide bonds. The lowest BCUT2D eigenvalue weighted by atomic mass is 9.86. The van der Waals surface area contributed by atoms with Crippen LogP contribution in [0.5, 0.6) is 0 Å². The van der Waals surface area contributed by atoms with Gasteiger partial charge in [0, 0.05) is 33.1 Å². The van der Waals surface area contributed by atoms with Crippen molar-refractivity contribution in [3.8, 4) is 0 Å². The highest BCUT2D eigenvalue weighted by molar-refractivity contribution is 5.94. The van der Waals surface area contributed by atoms with Crippen molar-refractivity contribution in [1.82, 2.24) is 9.80 Å². The second-order valence-corrected chi connectivity index (χ2v) is 9.94. The Bertz CT molecular complexity index is 1000. The number of carbonyl (C=O) groups excluding carboxylic acids is 1. The minimum atomic E-state index is 0.244. The van der Waals surface area contributed by atoms with E-state index in [0.29, 0.717) is 5.92 Å². The molecule has 2 aromatic rings. The molecule has 0 aromatic heterocycles. The van der Waals surface area contributed by atoms with Crippen molar-refractivity contribution in [1.29, 1.82) is 0 Å². The number of piperidine rings is 2. The molecule has 0 bridgehead atoms. The third-order valence-corrected chi connectivity index (χ3v) is 7.77. The maximum atomic E-state index is 11.7. The van der Waals surface area contributed by atoms with Gasteiger partial charge in [0.2, 0.25) is 5.91 Å². The largest absolute Gasteiger partial charge is 0.343 e. The summed E-state index contributed by atoms with van der Waals surface area (Å²) in [7, 11) is 0. The summed E-state index contributed by atoms with van der Waals surface area (Å²) in [6, 6.07) is 17.7. The standard InChI is InChI=1S/C30H36N2O/c1-23(33)32-19-7-9-24(22-32)8-6-18-31-20-16-27(17-21-31)30-28-12-4-2-10-25(28)14-15-26-11-3-5-13-29(26)30/h2-5,10-15,24H,6-9,16-22H2,1H3. The summed E-state index contributed by atoms with van der Waals surface area (Å²) in [6.07, 6.45) is 11.8. The molecule has 2 saturated heterocycles. The number of hydrogen-bond acceptors (Lipinski definition) is 2. The lowest BCUT2D eigenvalue weighted by Crippen LogP contribution is -2.39. The van der Waals surface area contributed by atoms with E-state index >= 15 is 0 Å². The van der Waals surface area contributed by atoms with Gasteiger partial charge in [0.15, 0.2) is 0 Å². The van der Waals surface area contributed by atoms with Gasteiger partial charge in [0.1, 0.15) is 0 Å². The summed E-state index contributed by atoms with van der Waals surface area (Å²) in [6.45, 7) is 7.13. The Morgan fingerprint density at radius 1 is 0.909 bits per heavy atom. The van der Waals surface area contributed by atoms with Crippen LogP contribution in [0.15, 0.2) is 54.1 Å². The first kappa shape index (κ1) is 22.2. The van der Waals surface area contributed by atoms with Gasteiger partial charge in [-0.1, -0.05) is 66.3 Å². The topological polar surface area (TPSA) is 23.6 Å². The number of rotatable bonds is 4. The van der Waals surface area contributed by atoms with Crippen LogP contribution in [0.3, 0.4) is 0 Å². The number of benzene rings is 2. The molecule has 2 heterocycles. The van der Waals surface area contributed by atoms with Crippen LogP contribution in [-0.2, 0) is 4.79 Å². The van der Waals surface area contributed by atoms with Crippen molar-refractivity contribution in [2.24, 2.45) is 5.92 Å². The third-order valence-electron chi connectivity index (χ3n) is 7.77. The average Bonchev–Trinajstić information content (AvgIpc) is 3.02. The van der Waals surface area contributed by atoms with Gasteiger partial charge < -0.3 is 9.80 Å². The molecule has 172 valence electrons. The van der Waals surface area contributed by atoms with Gasteiger partial charge in [-0.2, -0.15) is 0 Å². The molecule has 1 atom stereocenters. The van der Waals surface area contributed by atoms with Crippen LogP contribution in [0.4, 0.5) is 0 Å². The maximum absolute atomic E-state index is 11.7. The summed E-state index contributed by atoms with van der Waals surface area (Å²) < 4.78 is 0. The number of amides is 1. The fraction of sp³-hybridized carbons (Fsp3) is 0.433. The normalized spacial score (nSPS) is 20.9. The first-order valence-electron chi connectivity index (χ1n) is 12.8. The zero-order valence-corrected chi connectivity index (χ0v) is 19.9. The molecule has 2 aromatic carbocycles. The van der Waals surface area contributed by atoms with E-state index in [-0.39, 0.29) is 5.91 Å². The third kappa shape index (κ3) is 4.99. The lowest BCUT2D eigenvalue weighted by molar-refractivity contribution is -0.130. The second kappa shape index (κ2) is 10.1. The average molecular weight is 441 g/mol. The summed E-state index contributed by atoms with van der Waals surface area (Å²) in [5, 5.41) is 0. The molecular formula is C30H36N2O. The van der Waals surface area contributed by atoms with E-state index in [0.717, 1.165) is 39.0 Å². The molecule has 3 heteroatoms. The van der Waals surface area contributed by atoms with Gasteiger partial charge in [0.05, 0.1) is 0 Å². The SMILES string of the molecule is CC(=O)N1CCCC(CCCN2CCC(=C3c4ccccc4C=Cc4ccccc43)CC2)C1. The van der Waals surface area contributed by atoms with Crippen LogP contribution in [0.2, 0.25) is 0 Å². The van der Waals surface area contributed by atoms with Crippen molar-refractivity contribution < 1.29 is 4.79 Å². The van der Waals surface area contributed by atoms with Crippen LogP contribution in [-0.4, -0.2) is 48.4 Å². The second-order valence-electron chi connectivity index (χ2n) is 9.94. The summed E-state index contributed by atoms with van der Waals surface area (Å²) >= 11 is 0. The molecule has 1 unspecified atom stereocenters. The van der Waals surface area contributed by atoms with Crippen molar-refractivity contribution in [3.63, 3.8) is 0 Å². The van der Waals surface area contributed by atoms with Gasteiger partial charge >= 0.3 is 0 Å². The molecule has 2 aliphatic heterocycles. The molecular weight excluding hydrogens is 404 g/mol. The Morgan fingerprint density at radius 2 is 1.55 bits per heavy atom. The van der Waals surface area contributed by atoms with Crippen LogP contribution >= 0.6 is 0 Å². The highest BCUT2D eigenvalue weighted by Crippen LogP contribution is 2.38. The smallest absolute Gasteiger partial charge is 0.219 e. The molecule has 0 saturated carbocycles.